The van der Waals surface area contributed by atoms with E-state index in [1.54, 1.807) is 19.1 Å². The summed E-state index contributed by atoms with van der Waals surface area (Å²) in [5.74, 6) is 0.870. The zero-order valence-electron chi connectivity index (χ0n) is 13.5. The van der Waals surface area contributed by atoms with E-state index in [1.165, 1.54) is 0 Å². The lowest BCUT2D eigenvalue weighted by Crippen LogP contribution is -2.47. The number of pyridine rings is 1. The maximum Gasteiger partial charge on any atom is 0.242 e. The molecule has 0 aromatic carbocycles. The number of rotatable bonds is 6. The van der Waals surface area contributed by atoms with Gasteiger partial charge in [0.05, 0.1) is 12.3 Å². The number of amides is 1. The summed E-state index contributed by atoms with van der Waals surface area (Å²) < 4.78 is 5.47. The predicted molar refractivity (Wildman–Crippen MR) is 85.4 cm³/mol. The molecule has 1 amide bonds. The van der Waals surface area contributed by atoms with Crippen molar-refractivity contribution in [3.8, 4) is 5.88 Å². The highest BCUT2D eigenvalue weighted by Gasteiger charge is 2.19. The van der Waals surface area contributed by atoms with Gasteiger partial charge >= 0.3 is 0 Å². The lowest BCUT2D eigenvalue weighted by molar-refractivity contribution is -0.122. The number of carbonyl (C=O) groups is 1. The average Bonchev–Trinajstić information content (AvgIpc) is 2.37. The van der Waals surface area contributed by atoms with E-state index in [0.29, 0.717) is 24.0 Å². The third-order valence-electron chi connectivity index (χ3n) is 2.59. The molecule has 21 heavy (non-hydrogen) atoms. The minimum Gasteiger partial charge on any atom is -0.476 e. The Balaban J connectivity index is 2.71. The highest BCUT2D eigenvalue weighted by Crippen LogP contribution is 2.21. The van der Waals surface area contributed by atoms with E-state index in [4.69, 9.17) is 10.5 Å². The topological polar surface area (TPSA) is 89.3 Å². The lowest BCUT2D eigenvalue weighted by Gasteiger charge is -2.24. The fourth-order valence-electron chi connectivity index (χ4n) is 1.61. The van der Waals surface area contributed by atoms with Crippen molar-refractivity contribution in [2.75, 3.05) is 17.7 Å². The van der Waals surface area contributed by atoms with Crippen molar-refractivity contribution in [2.45, 2.75) is 52.6 Å². The first-order valence-electron chi connectivity index (χ1n) is 7.21. The molecule has 0 spiro atoms. The molecule has 0 bridgehead atoms. The summed E-state index contributed by atoms with van der Waals surface area (Å²) in [5.41, 5.74) is 6.03. The first-order valence-corrected chi connectivity index (χ1v) is 7.21. The number of carbonyl (C=O) groups excluding carboxylic acids is 1. The summed E-state index contributed by atoms with van der Waals surface area (Å²) in [4.78, 5) is 16.3. The van der Waals surface area contributed by atoms with Crippen LogP contribution < -0.4 is 21.1 Å². The zero-order valence-corrected chi connectivity index (χ0v) is 13.5. The Morgan fingerprint density at radius 2 is 2.10 bits per heavy atom. The van der Waals surface area contributed by atoms with Crippen molar-refractivity contribution < 1.29 is 9.53 Å². The van der Waals surface area contributed by atoms with Gasteiger partial charge in [0, 0.05) is 5.54 Å². The van der Waals surface area contributed by atoms with Gasteiger partial charge in [-0.05, 0) is 46.2 Å². The van der Waals surface area contributed by atoms with E-state index in [9.17, 15) is 4.79 Å². The molecule has 1 heterocycles. The Bertz CT molecular complexity index is 483. The number of hydrogen-bond acceptors (Lipinski definition) is 5. The molecule has 0 fully saturated rings. The van der Waals surface area contributed by atoms with Crippen LogP contribution in [0.5, 0.6) is 5.88 Å². The normalized spacial score (nSPS) is 12.6. The molecule has 6 heteroatoms. The fraction of sp³-hybridized carbons (Fsp3) is 0.600. The molecule has 0 saturated carbocycles. The van der Waals surface area contributed by atoms with Gasteiger partial charge in [-0.2, -0.15) is 4.98 Å². The molecule has 1 aromatic heterocycles. The molecule has 1 unspecified atom stereocenters. The molecule has 6 nitrogen and oxygen atoms in total. The first kappa shape index (κ1) is 17.1. The van der Waals surface area contributed by atoms with Crippen molar-refractivity contribution >= 4 is 17.4 Å². The number of ether oxygens (including phenoxy) is 1. The Morgan fingerprint density at radius 1 is 1.43 bits per heavy atom. The molecule has 1 rings (SSSR count). The van der Waals surface area contributed by atoms with E-state index in [2.05, 4.69) is 15.6 Å². The van der Waals surface area contributed by atoms with E-state index >= 15 is 0 Å². The standard InChI is InChI=1S/C15H26N4O2/c1-6-9-21-14-11(16)7-8-12(18-14)17-10(2)13(20)19-15(3,4)5/h7-8,10H,6,9,16H2,1-5H3,(H,17,18)(H,19,20). The van der Waals surface area contributed by atoms with E-state index in [-0.39, 0.29) is 11.4 Å². The van der Waals surface area contributed by atoms with Crippen LogP contribution in [0.2, 0.25) is 0 Å². The van der Waals surface area contributed by atoms with Crippen LogP contribution >= 0.6 is 0 Å². The van der Waals surface area contributed by atoms with Crippen LogP contribution in [0, 0.1) is 0 Å². The van der Waals surface area contributed by atoms with Crippen LogP contribution in [-0.2, 0) is 4.79 Å². The molecule has 4 N–H and O–H groups in total. The molecule has 0 aliphatic heterocycles. The number of nitrogens with one attached hydrogen (secondary N) is 2. The van der Waals surface area contributed by atoms with Gasteiger partial charge < -0.3 is 21.1 Å². The molecule has 1 atom stereocenters. The molecule has 0 aliphatic rings. The highest BCUT2D eigenvalue weighted by molar-refractivity contribution is 5.84. The molecule has 118 valence electrons. The number of nitrogens with zero attached hydrogens (tertiary/aromatic N) is 1. The van der Waals surface area contributed by atoms with Gasteiger partial charge in [0.1, 0.15) is 11.9 Å². The minimum atomic E-state index is -0.403. The number of aromatic nitrogens is 1. The summed E-state index contributed by atoms with van der Waals surface area (Å²) >= 11 is 0. The maximum absolute atomic E-state index is 12.0. The summed E-state index contributed by atoms with van der Waals surface area (Å²) in [6.07, 6.45) is 0.878. The lowest BCUT2D eigenvalue weighted by atomic mass is 10.1. The van der Waals surface area contributed by atoms with E-state index in [1.807, 2.05) is 27.7 Å². The van der Waals surface area contributed by atoms with Gasteiger partial charge in [-0.1, -0.05) is 6.92 Å². The number of nitrogens with two attached hydrogens (primary N) is 1. The molecule has 1 aromatic rings. The second-order valence-electron chi connectivity index (χ2n) is 6.04. The Labute approximate surface area is 126 Å². The summed E-state index contributed by atoms with van der Waals surface area (Å²) in [6, 6.07) is 3.04. The Kier molecular flexibility index (Phi) is 5.81. The molecule has 0 saturated heterocycles. The van der Waals surface area contributed by atoms with Crippen LogP contribution in [-0.4, -0.2) is 29.1 Å². The van der Waals surface area contributed by atoms with Gasteiger partial charge in [-0.25, -0.2) is 0 Å². The van der Waals surface area contributed by atoms with Crippen molar-refractivity contribution in [1.29, 1.82) is 0 Å². The van der Waals surface area contributed by atoms with Gasteiger partial charge in [-0.3, -0.25) is 4.79 Å². The van der Waals surface area contributed by atoms with Crippen LogP contribution in [0.1, 0.15) is 41.0 Å². The first-order chi connectivity index (χ1) is 9.73. The average molecular weight is 294 g/mol. The second kappa shape index (κ2) is 7.15. The zero-order chi connectivity index (χ0) is 16.0. The summed E-state index contributed by atoms with van der Waals surface area (Å²) in [5, 5.41) is 5.96. The highest BCUT2D eigenvalue weighted by atomic mass is 16.5. The van der Waals surface area contributed by atoms with Crippen molar-refractivity contribution in [2.24, 2.45) is 0 Å². The van der Waals surface area contributed by atoms with Gasteiger partial charge in [0.25, 0.3) is 0 Å². The SMILES string of the molecule is CCCOc1nc(NC(C)C(=O)NC(C)(C)C)ccc1N. The summed E-state index contributed by atoms with van der Waals surface area (Å²) in [7, 11) is 0. The largest absolute Gasteiger partial charge is 0.476 e. The van der Waals surface area contributed by atoms with Crippen molar-refractivity contribution in [3.05, 3.63) is 12.1 Å². The third kappa shape index (κ3) is 5.89. The van der Waals surface area contributed by atoms with Crippen molar-refractivity contribution in [1.82, 2.24) is 10.3 Å². The summed E-state index contributed by atoms with van der Waals surface area (Å²) in [6.45, 7) is 10.2. The molecule has 0 aliphatic carbocycles. The van der Waals surface area contributed by atoms with Crippen LogP contribution in [0.25, 0.3) is 0 Å². The van der Waals surface area contributed by atoms with Crippen LogP contribution in [0.3, 0.4) is 0 Å². The van der Waals surface area contributed by atoms with Gasteiger partial charge in [-0.15, -0.1) is 0 Å². The molecular formula is C15H26N4O2. The van der Waals surface area contributed by atoms with Gasteiger partial charge in [0.2, 0.25) is 11.8 Å². The second-order valence-corrected chi connectivity index (χ2v) is 6.04. The number of hydrogen-bond donors (Lipinski definition) is 3. The minimum absolute atomic E-state index is 0.0860. The maximum atomic E-state index is 12.0. The van der Waals surface area contributed by atoms with Crippen LogP contribution in [0.15, 0.2) is 12.1 Å². The van der Waals surface area contributed by atoms with Gasteiger partial charge in [0.15, 0.2) is 0 Å². The molecular weight excluding hydrogens is 268 g/mol. The monoisotopic (exact) mass is 294 g/mol. The van der Waals surface area contributed by atoms with Crippen molar-refractivity contribution in [3.63, 3.8) is 0 Å². The van der Waals surface area contributed by atoms with Crippen LogP contribution in [0.4, 0.5) is 11.5 Å². The Hall–Kier alpha value is -1.98. The Morgan fingerprint density at radius 3 is 2.67 bits per heavy atom. The molecule has 0 radical (unpaired) electrons. The predicted octanol–water partition coefficient (Wildman–Crippen LogP) is 2.17. The smallest absolute Gasteiger partial charge is 0.242 e. The number of anilines is 2. The van der Waals surface area contributed by atoms with E-state index in [0.717, 1.165) is 6.42 Å². The third-order valence-corrected chi connectivity index (χ3v) is 2.59. The fourth-order valence-corrected chi connectivity index (χ4v) is 1.61. The number of nitrogen functional groups attached to an aromatic ring is 1. The quantitative estimate of drug-likeness (QED) is 0.748. The van der Waals surface area contributed by atoms with E-state index < -0.39 is 6.04 Å².